The molecule has 1 aliphatic heterocycles. The molecule has 0 aromatic heterocycles. The molecule has 1 spiro atoms. The van der Waals surface area contributed by atoms with Gasteiger partial charge >= 0.3 is 0 Å². The summed E-state index contributed by atoms with van der Waals surface area (Å²) in [6, 6.07) is 0. The molecule has 0 amide bonds. The summed E-state index contributed by atoms with van der Waals surface area (Å²) in [5.74, 6) is 0. The van der Waals surface area contributed by atoms with Crippen LogP contribution in [0, 0.1) is 0 Å². The first-order valence-corrected chi connectivity index (χ1v) is 6.75. The quantitative estimate of drug-likeness (QED) is 0.738. The van der Waals surface area contributed by atoms with E-state index in [9.17, 15) is 0 Å². The Morgan fingerprint density at radius 3 is 2.62 bits per heavy atom. The van der Waals surface area contributed by atoms with Gasteiger partial charge in [-0.2, -0.15) is 0 Å². The third-order valence-corrected chi connectivity index (χ3v) is 4.72. The van der Waals surface area contributed by atoms with E-state index >= 15 is 0 Å². The van der Waals surface area contributed by atoms with Crippen LogP contribution in [0.4, 0.5) is 0 Å². The van der Waals surface area contributed by atoms with Gasteiger partial charge in [0.15, 0.2) is 0 Å². The van der Waals surface area contributed by atoms with E-state index in [0.29, 0.717) is 11.1 Å². The lowest BCUT2D eigenvalue weighted by Crippen LogP contribution is -2.68. The van der Waals surface area contributed by atoms with Crippen LogP contribution in [0.25, 0.3) is 0 Å². The van der Waals surface area contributed by atoms with E-state index in [1.54, 1.807) is 0 Å². The molecule has 2 heteroatoms. The molecule has 1 heterocycles. The second kappa shape index (κ2) is 4.50. The van der Waals surface area contributed by atoms with Crippen LogP contribution >= 0.6 is 0 Å². The molecule has 0 bridgehead atoms. The molecule has 1 atom stereocenters. The first-order valence-electron chi connectivity index (χ1n) is 6.75. The molecule has 0 aromatic carbocycles. The van der Waals surface area contributed by atoms with Gasteiger partial charge in [0, 0.05) is 30.7 Å². The maximum absolute atomic E-state index is 3.92. The molecule has 92 valence electrons. The zero-order valence-electron chi connectivity index (χ0n) is 10.9. The van der Waals surface area contributed by atoms with E-state index in [2.05, 4.69) is 36.7 Å². The molecule has 1 N–H and O–H groups in total. The number of nitrogens with zero attached hydrogens (tertiary/aromatic N) is 1. The highest BCUT2D eigenvalue weighted by Gasteiger charge is 2.45. The second-order valence-corrected chi connectivity index (χ2v) is 5.87. The molecule has 1 saturated heterocycles. The molecule has 1 saturated carbocycles. The molecule has 2 nitrogen and oxygen atoms in total. The van der Waals surface area contributed by atoms with Crippen LogP contribution in [-0.2, 0) is 0 Å². The van der Waals surface area contributed by atoms with E-state index in [1.807, 2.05) is 0 Å². The van der Waals surface area contributed by atoms with Crippen LogP contribution in [0.1, 0.15) is 46.0 Å². The van der Waals surface area contributed by atoms with E-state index in [1.165, 1.54) is 45.2 Å². The van der Waals surface area contributed by atoms with Crippen molar-refractivity contribution in [3.63, 3.8) is 0 Å². The van der Waals surface area contributed by atoms with Gasteiger partial charge in [-0.25, -0.2) is 0 Å². The Balaban J connectivity index is 2.13. The van der Waals surface area contributed by atoms with Crippen molar-refractivity contribution in [3.05, 3.63) is 12.7 Å². The van der Waals surface area contributed by atoms with Gasteiger partial charge in [-0.3, -0.25) is 4.90 Å². The molecule has 2 rings (SSSR count). The van der Waals surface area contributed by atoms with Gasteiger partial charge in [0.05, 0.1) is 0 Å². The Morgan fingerprint density at radius 1 is 1.38 bits per heavy atom. The van der Waals surface area contributed by atoms with E-state index in [-0.39, 0.29) is 0 Å². The third-order valence-electron chi connectivity index (χ3n) is 4.72. The number of hydrogen-bond acceptors (Lipinski definition) is 2. The lowest BCUT2D eigenvalue weighted by Gasteiger charge is -2.52. The largest absolute Gasteiger partial charge is 0.308 e. The molecule has 1 aliphatic carbocycles. The minimum atomic E-state index is 0.302. The average molecular weight is 222 g/mol. The van der Waals surface area contributed by atoms with Gasteiger partial charge in [0.25, 0.3) is 0 Å². The molecular weight excluding hydrogens is 196 g/mol. The first-order chi connectivity index (χ1) is 7.64. The average Bonchev–Trinajstić information content (AvgIpc) is 2.75. The molecule has 1 unspecified atom stereocenters. The fourth-order valence-corrected chi connectivity index (χ4v) is 3.31. The van der Waals surface area contributed by atoms with Crippen molar-refractivity contribution < 1.29 is 0 Å². The van der Waals surface area contributed by atoms with Gasteiger partial charge in [0.1, 0.15) is 0 Å². The zero-order chi connectivity index (χ0) is 11.6. The maximum atomic E-state index is 3.92. The van der Waals surface area contributed by atoms with Gasteiger partial charge in [-0.05, 0) is 26.2 Å². The number of piperazine rings is 1. The molecule has 2 aliphatic rings. The third kappa shape index (κ3) is 2.05. The summed E-state index contributed by atoms with van der Waals surface area (Å²) in [6.07, 6.45) is 8.82. The fourth-order valence-electron chi connectivity index (χ4n) is 3.31. The van der Waals surface area contributed by atoms with Gasteiger partial charge in [-0.15, -0.1) is 6.58 Å². The van der Waals surface area contributed by atoms with Crippen molar-refractivity contribution >= 4 is 0 Å². The Morgan fingerprint density at radius 2 is 2.06 bits per heavy atom. The summed E-state index contributed by atoms with van der Waals surface area (Å²) in [4.78, 5) is 2.69. The Bertz CT molecular complexity index is 255. The normalized spacial score (nSPS) is 34.4. The maximum Gasteiger partial charge on any atom is 0.0338 e. The van der Waals surface area contributed by atoms with Crippen LogP contribution in [0.2, 0.25) is 0 Å². The first kappa shape index (κ1) is 12.1. The molecule has 0 aromatic rings. The van der Waals surface area contributed by atoms with Crippen LogP contribution < -0.4 is 5.32 Å². The summed E-state index contributed by atoms with van der Waals surface area (Å²) in [5.41, 5.74) is 0.750. The minimum absolute atomic E-state index is 0.302. The topological polar surface area (TPSA) is 15.3 Å². The molecular formula is C14H26N2. The van der Waals surface area contributed by atoms with Crippen molar-refractivity contribution in [2.24, 2.45) is 0 Å². The van der Waals surface area contributed by atoms with E-state index < -0.39 is 0 Å². The minimum Gasteiger partial charge on any atom is -0.308 e. The fraction of sp³-hybridized carbons (Fsp3) is 0.857. The zero-order valence-corrected chi connectivity index (χ0v) is 10.9. The molecule has 0 radical (unpaired) electrons. The van der Waals surface area contributed by atoms with Gasteiger partial charge < -0.3 is 5.32 Å². The van der Waals surface area contributed by atoms with Crippen molar-refractivity contribution in [3.8, 4) is 0 Å². The highest BCUT2D eigenvalue weighted by atomic mass is 15.3. The van der Waals surface area contributed by atoms with Crippen LogP contribution in [0.3, 0.4) is 0 Å². The van der Waals surface area contributed by atoms with Crippen LogP contribution in [0.15, 0.2) is 12.7 Å². The Hall–Kier alpha value is -0.340. The number of hydrogen-bond donors (Lipinski definition) is 1. The highest BCUT2D eigenvalue weighted by molar-refractivity contribution is 5.06. The smallest absolute Gasteiger partial charge is 0.0338 e. The summed E-state index contributed by atoms with van der Waals surface area (Å²) in [7, 11) is 0. The van der Waals surface area contributed by atoms with E-state index in [4.69, 9.17) is 0 Å². The Labute approximate surface area is 100 Å². The SMILES string of the molecule is C=CCN1CC(C)(CC)NCC12CCCC2. The second-order valence-electron chi connectivity index (χ2n) is 5.87. The van der Waals surface area contributed by atoms with Crippen molar-refractivity contribution in [2.45, 2.75) is 57.0 Å². The molecule has 16 heavy (non-hydrogen) atoms. The summed E-state index contributed by atoms with van der Waals surface area (Å²) < 4.78 is 0. The lowest BCUT2D eigenvalue weighted by molar-refractivity contribution is 0.0215. The van der Waals surface area contributed by atoms with E-state index in [0.717, 1.165) is 6.54 Å². The van der Waals surface area contributed by atoms with Crippen molar-refractivity contribution in [2.75, 3.05) is 19.6 Å². The summed E-state index contributed by atoms with van der Waals surface area (Å²) >= 11 is 0. The monoisotopic (exact) mass is 222 g/mol. The molecule has 2 fully saturated rings. The standard InChI is InChI=1S/C14H26N2/c1-4-10-16-12-13(3,5-2)15-11-14(16)8-6-7-9-14/h4,15H,1,5-12H2,2-3H3. The van der Waals surface area contributed by atoms with Gasteiger partial charge in [0.2, 0.25) is 0 Å². The summed E-state index contributed by atoms with van der Waals surface area (Å²) in [5, 5.41) is 3.79. The van der Waals surface area contributed by atoms with Crippen molar-refractivity contribution in [1.82, 2.24) is 10.2 Å². The lowest BCUT2D eigenvalue weighted by atomic mass is 9.85. The van der Waals surface area contributed by atoms with Crippen LogP contribution in [0.5, 0.6) is 0 Å². The predicted octanol–water partition coefficient (Wildman–Crippen LogP) is 2.56. The Kier molecular flexibility index (Phi) is 3.41. The number of rotatable bonds is 3. The van der Waals surface area contributed by atoms with Crippen LogP contribution in [-0.4, -0.2) is 35.6 Å². The predicted molar refractivity (Wildman–Crippen MR) is 69.7 cm³/mol. The van der Waals surface area contributed by atoms with Crippen molar-refractivity contribution in [1.29, 1.82) is 0 Å². The highest BCUT2D eigenvalue weighted by Crippen LogP contribution is 2.38. The number of nitrogens with one attached hydrogen (secondary N) is 1. The van der Waals surface area contributed by atoms with Gasteiger partial charge in [-0.1, -0.05) is 25.8 Å². The summed E-state index contributed by atoms with van der Waals surface area (Å²) in [6.45, 7) is 12.0.